The normalized spacial score (nSPS) is 19.3. The van der Waals surface area contributed by atoms with E-state index in [2.05, 4.69) is 21.0 Å². The molecule has 0 bridgehead atoms. The highest BCUT2D eigenvalue weighted by Gasteiger charge is 2.63. The number of fused-ring (bicyclic) bond motifs is 2. The lowest BCUT2D eigenvalue weighted by Gasteiger charge is -2.29. The highest BCUT2D eigenvalue weighted by Crippen LogP contribution is 2.49. The second-order valence-electron chi connectivity index (χ2n) is 6.89. The van der Waals surface area contributed by atoms with Crippen molar-refractivity contribution in [3.8, 4) is 5.75 Å². The van der Waals surface area contributed by atoms with Crippen LogP contribution in [-0.4, -0.2) is 46.9 Å². The fourth-order valence-electron chi connectivity index (χ4n) is 3.60. The van der Waals surface area contributed by atoms with Gasteiger partial charge in [0.1, 0.15) is 12.3 Å². The molecular weight excluding hydrogens is 470 g/mol. The summed E-state index contributed by atoms with van der Waals surface area (Å²) in [6.07, 6.45) is 0. The molecule has 0 fully saturated rings. The van der Waals surface area contributed by atoms with Gasteiger partial charge in [-0.05, 0) is 49.4 Å². The lowest BCUT2D eigenvalue weighted by molar-refractivity contribution is -0.162. The standard InChI is InChI=1S/C21H18BrN3O6/c1-3-30-18(28)11-24-17-9-6-14(22)10-16(17)21(20(24)29)25(12(2)26)23-19(31-21)13-4-7-15(27)8-5-13/h4-10,27H,3,11H2,1-2H3/t21-/m1/s1. The van der Waals surface area contributed by atoms with Crippen LogP contribution in [-0.2, 0) is 29.6 Å². The smallest absolute Gasteiger partial charge is 0.326 e. The maximum Gasteiger partial charge on any atom is 0.326 e. The van der Waals surface area contributed by atoms with E-state index in [4.69, 9.17) is 9.47 Å². The Hall–Kier alpha value is -3.40. The van der Waals surface area contributed by atoms with Crippen LogP contribution in [0.2, 0.25) is 0 Å². The summed E-state index contributed by atoms with van der Waals surface area (Å²) < 4.78 is 11.7. The van der Waals surface area contributed by atoms with Crippen LogP contribution in [0.5, 0.6) is 5.75 Å². The first kappa shape index (κ1) is 20.9. The summed E-state index contributed by atoms with van der Waals surface area (Å²) in [4.78, 5) is 39.6. The summed E-state index contributed by atoms with van der Waals surface area (Å²) in [5, 5.41) is 14.8. The number of nitrogens with zero attached hydrogens (tertiary/aromatic N) is 3. The number of phenols is 1. The van der Waals surface area contributed by atoms with Crippen LogP contribution in [0.4, 0.5) is 5.69 Å². The van der Waals surface area contributed by atoms with E-state index >= 15 is 0 Å². The van der Waals surface area contributed by atoms with Crippen LogP contribution in [0.1, 0.15) is 25.0 Å². The number of amides is 2. The largest absolute Gasteiger partial charge is 0.508 e. The number of ether oxygens (including phenoxy) is 2. The molecule has 1 spiro atoms. The minimum absolute atomic E-state index is 0.0347. The Morgan fingerprint density at radius 3 is 2.58 bits per heavy atom. The Balaban J connectivity index is 1.83. The first-order valence-corrected chi connectivity index (χ1v) is 10.2. The zero-order valence-electron chi connectivity index (χ0n) is 16.7. The molecule has 4 rings (SSSR count). The molecule has 0 saturated carbocycles. The third-order valence-electron chi connectivity index (χ3n) is 4.89. The van der Waals surface area contributed by atoms with Crippen molar-refractivity contribution < 1.29 is 29.0 Å². The molecule has 2 amide bonds. The molecule has 2 heterocycles. The minimum atomic E-state index is -1.90. The van der Waals surface area contributed by atoms with E-state index < -0.39 is 23.5 Å². The summed E-state index contributed by atoms with van der Waals surface area (Å²) in [6.45, 7) is 2.77. The number of halogens is 1. The van der Waals surface area contributed by atoms with E-state index in [0.717, 1.165) is 5.01 Å². The molecular formula is C21H18BrN3O6. The molecule has 0 saturated heterocycles. The van der Waals surface area contributed by atoms with E-state index in [0.29, 0.717) is 21.3 Å². The summed E-state index contributed by atoms with van der Waals surface area (Å²) in [5.41, 5.74) is -0.655. The van der Waals surface area contributed by atoms with Gasteiger partial charge in [0.05, 0.1) is 17.9 Å². The molecule has 0 radical (unpaired) electrons. The van der Waals surface area contributed by atoms with E-state index in [1.807, 2.05) is 0 Å². The van der Waals surface area contributed by atoms with Gasteiger partial charge >= 0.3 is 17.6 Å². The monoisotopic (exact) mass is 487 g/mol. The number of carbonyl (C=O) groups excluding carboxylic acids is 3. The Morgan fingerprint density at radius 1 is 1.23 bits per heavy atom. The fourth-order valence-corrected chi connectivity index (χ4v) is 3.96. The van der Waals surface area contributed by atoms with E-state index in [-0.39, 0.29) is 24.8 Å². The van der Waals surface area contributed by atoms with Crippen molar-refractivity contribution in [2.24, 2.45) is 5.10 Å². The summed E-state index contributed by atoms with van der Waals surface area (Å²) in [5.74, 6) is -1.67. The van der Waals surface area contributed by atoms with Crippen molar-refractivity contribution in [3.05, 3.63) is 58.1 Å². The van der Waals surface area contributed by atoms with E-state index in [1.165, 1.54) is 24.0 Å². The van der Waals surface area contributed by atoms with Crippen LogP contribution in [0.25, 0.3) is 0 Å². The minimum Gasteiger partial charge on any atom is -0.508 e. The molecule has 2 aromatic carbocycles. The molecule has 0 aliphatic carbocycles. The number of carbonyl (C=O) groups is 3. The second kappa shape index (κ2) is 7.69. The number of hydrogen-bond donors (Lipinski definition) is 1. The molecule has 0 unspecified atom stereocenters. The number of aromatic hydroxyl groups is 1. The van der Waals surface area contributed by atoms with Crippen LogP contribution in [0.15, 0.2) is 52.0 Å². The molecule has 1 atom stereocenters. The predicted molar refractivity (Wildman–Crippen MR) is 113 cm³/mol. The van der Waals surface area contributed by atoms with Crippen molar-refractivity contribution in [1.82, 2.24) is 5.01 Å². The third kappa shape index (κ3) is 3.32. The maximum absolute atomic E-state index is 13.7. The highest BCUT2D eigenvalue weighted by atomic mass is 79.9. The SMILES string of the molecule is CCOC(=O)CN1C(=O)[C@]2(OC(c3ccc(O)cc3)=NN2C(C)=O)c2cc(Br)ccc21. The number of anilines is 1. The number of benzene rings is 2. The Labute approximate surface area is 186 Å². The first-order chi connectivity index (χ1) is 14.8. The van der Waals surface area contributed by atoms with Crippen LogP contribution in [0, 0.1) is 0 Å². The molecule has 1 N–H and O–H groups in total. The zero-order chi connectivity index (χ0) is 22.3. The van der Waals surface area contributed by atoms with Crippen LogP contribution in [0.3, 0.4) is 0 Å². The molecule has 31 heavy (non-hydrogen) atoms. The number of rotatable bonds is 4. The number of esters is 1. The molecule has 2 aromatic rings. The third-order valence-corrected chi connectivity index (χ3v) is 5.38. The molecule has 0 aromatic heterocycles. The molecule has 9 nitrogen and oxygen atoms in total. The maximum atomic E-state index is 13.7. The molecule has 2 aliphatic rings. The Bertz CT molecular complexity index is 1120. The average molecular weight is 488 g/mol. The van der Waals surface area contributed by atoms with Gasteiger partial charge in [0.25, 0.3) is 0 Å². The Morgan fingerprint density at radius 2 is 1.94 bits per heavy atom. The van der Waals surface area contributed by atoms with Crippen LogP contribution < -0.4 is 4.90 Å². The van der Waals surface area contributed by atoms with Gasteiger partial charge in [0.15, 0.2) is 0 Å². The van der Waals surface area contributed by atoms with Gasteiger partial charge in [-0.15, -0.1) is 5.10 Å². The summed E-state index contributed by atoms with van der Waals surface area (Å²) in [7, 11) is 0. The van der Waals surface area contributed by atoms with Gasteiger partial charge in [-0.1, -0.05) is 15.9 Å². The molecule has 160 valence electrons. The quantitative estimate of drug-likeness (QED) is 0.663. The first-order valence-electron chi connectivity index (χ1n) is 9.43. The van der Waals surface area contributed by atoms with Gasteiger partial charge in [-0.2, -0.15) is 5.01 Å². The van der Waals surface area contributed by atoms with Gasteiger partial charge in [-0.25, -0.2) is 0 Å². The van der Waals surface area contributed by atoms with Gasteiger partial charge in [0, 0.05) is 17.0 Å². The number of phenolic OH excluding ortho intramolecular Hbond substituents is 1. The zero-order valence-corrected chi connectivity index (χ0v) is 18.2. The molecule has 10 heteroatoms. The topological polar surface area (TPSA) is 109 Å². The summed E-state index contributed by atoms with van der Waals surface area (Å²) >= 11 is 3.39. The van der Waals surface area contributed by atoms with Crippen molar-refractivity contribution in [1.29, 1.82) is 0 Å². The lowest BCUT2D eigenvalue weighted by atomic mass is 10.0. The van der Waals surface area contributed by atoms with Gasteiger partial charge in [-0.3, -0.25) is 19.3 Å². The highest BCUT2D eigenvalue weighted by molar-refractivity contribution is 9.10. The average Bonchev–Trinajstić information content (AvgIpc) is 3.23. The Kier molecular flexibility index (Phi) is 5.18. The van der Waals surface area contributed by atoms with E-state index in [9.17, 15) is 19.5 Å². The number of hydrazone groups is 1. The van der Waals surface area contributed by atoms with Crippen molar-refractivity contribution in [2.75, 3.05) is 18.1 Å². The predicted octanol–water partition coefficient (Wildman–Crippen LogP) is 2.46. The number of hydrogen-bond acceptors (Lipinski definition) is 7. The van der Waals surface area contributed by atoms with Crippen molar-refractivity contribution >= 4 is 45.3 Å². The van der Waals surface area contributed by atoms with Crippen LogP contribution >= 0.6 is 15.9 Å². The van der Waals surface area contributed by atoms with Crippen molar-refractivity contribution in [3.63, 3.8) is 0 Å². The van der Waals surface area contributed by atoms with Gasteiger partial charge < -0.3 is 14.6 Å². The second-order valence-corrected chi connectivity index (χ2v) is 7.80. The fraction of sp³-hybridized carbons (Fsp3) is 0.238. The van der Waals surface area contributed by atoms with E-state index in [1.54, 1.807) is 37.3 Å². The van der Waals surface area contributed by atoms with Crippen molar-refractivity contribution in [2.45, 2.75) is 19.6 Å². The molecule has 2 aliphatic heterocycles. The lowest BCUT2D eigenvalue weighted by Crippen LogP contribution is -2.52. The summed E-state index contributed by atoms with van der Waals surface area (Å²) in [6, 6.07) is 11.0. The van der Waals surface area contributed by atoms with Gasteiger partial charge in [0.2, 0.25) is 11.8 Å².